The number of hydrogen-bond donors (Lipinski definition) is 2. The molecule has 0 spiro atoms. The van der Waals surface area contributed by atoms with E-state index >= 15 is 0 Å². The molecular formula is C19H20N4O2. The molecule has 1 heterocycles. The van der Waals surface area contributed by atoms with Gasteiger partial charge in [0.1, 0.15) is 11.6 Å². The number of aryl methyl sites for hydroxylation is 2. The Morgan fingerprint density at radius 1 is 1.12 bits per heavy atom. The molecule has 0 unspecified atom stereocenters. The Balaban J connectivity index is 2.02. The highest BCUT2D eigenvalue weighted by atomic mass is 16.5. The second-order valence-corrected chi connectivity index (χ2v) is 5.82. The lowest BCUT2D eigenvalue weighted by molar-refractivity contribution is 0.100. The molecule has 3 rings (SSSR count). The maximum Gasteiger partial charge on any atom is 0.250 e. The number of nitrogens with one attached hydrogen (secondary N) is 1. The average Bonchev–Trinajstić information content (AvgIpc) is 2.96. The lowest BCUT2D eigenvalue weighted by Crippen LogP contribution is -2.14. The Kier molecular flexibility index (Phi) is 4.43. The fourth-order valence-corrected chi connectivity index (χ4v) is 2.57. The molecule has 6 nitrogen and oxygen atoms in total. The monoisotopic (exact) mass is 336 g/mol. The summed E-state index contributed by atoms with van der Waals surface area (Å²) in [7, 11) is 1.54. The van der Waals surface area contributed by atoms with Gasteiger partial charge in [0, 0.05) is 6.07 Å². The Hall–Kier alpha value is -3.28. The SMILES string of the molecule is COc1ccc(Nc2cc(C)nn2-c2ccc(C)cc2)c(C(N)=O)c1. The van der Waals surface area contributed by atoms with Crippen LogP contribution in [0.3, 0.4) is 0 Å². The van der Waals surface area contributed by atoms with Gasteiger partial charge in [0.2, 0.25) is 0 Å². The minimum Gasteiger partial charge on any atom is -0.497 e. The smallest absolute Gasteiger partial charge is 0.250 e. The van der Waals surface area contributed by atoms with Gasteiger partial charge in [-0.15, -0.1) is 0 Å². The van der Waals surface area contributed by atoms with Crippen LogP contribution in [0.15, 0.2) is 48.5 Å². The first-order chi connectivity index (χ1) is 12.0. The first kappa shape index (κ1) is 16.6. The highest BCUT2D eigenvalue weighted by Crippen LogP contribution is 2.27. The zero-order chi connectivity index (χ0) is 18.0. The number of nitrogens with two attached hydrogens (primary N) is 1. The Morgan fingerprint density at radius 2 is 1.84 bits per heavy atom. The van der Waals surface area contributed by atoms with Crippen LogP contribution in [-0.2, 0) is 0 Å². The summed E-state index contributed by atoms with van der Waals surface area (Å²) in [6.45, 7) is 3.95. The summed E-state index contributed by atoms with van der Waals surface area (Å²) < 4.78 is 6.96. The number of hydrogen-bond acceptors (Lipinski definition) is 4. The Bertz CT molecular complexity index is 914. The van der Waals surface area contributed by atoms with Crippen LogP contribution in [0.2, 0.25) is 0 Å². The molecule has 2 aromatic carbocycles. The van der Waals surface area contributed by atoms with Crippen molar-refractivity contribution in [3.05, 3.63) is 65.4 Å². The lowest BCUT2D eigenvalue weighted by Gasteiger charge is -2.13. The van der Waals surface area contributed by atoms with E-state index in [4.69, 9.17) is 10.5 Å². The number of methoxy groups -OCH3 is 1. The molecule has 0 aliphatic heterocycles. The number of rotatable bonds is 5. The first-order valence-electron chi connectivity index (χ1n) is 7.86. The Labute approximate surface area is 146 Å². The lowest BCUT2D eigenvalue weighted by atomic mass is 10.1. The summed E-state index contributed by atoms with van der Waals surface area (Å²) in [6, 6.07) is 15.1. The van der Waals surface area contributed by atoms with E-state index in [1.54, 1.807) is 30.0 Å². The summed E-state index contributed by atoms with van der Waals surface area (Å²) in [5.74, 6) is 0.788. The second-order valence-electron chi connectivity index (χ2n) is 5.82. The summed E-state index contributed by atoms with van der Waals surface area (Å²) >= 11 is 0. The molecule has 0 radical (unpaired) electrons. The molecule has 0 saturated heterocycles. The Morgan fingerprint density at radius 3 is 2.48 bits per heavy atom. The molecule has 25 heavy (non-hydrogen) atoms. The van der Waals surface area contributed by atoms with E-state index in [1.165, 1.54) is 5.56 Å². The molecule has 0 atom stereocenters. The summed E-state index contributed by atoms with van der Waals surface area (Å²) in [5.41, 5.74) is 9.42. The molecule has 0 aliphatic rings. The number of ether oxygens (including phenoxy) is 1. The van der Waals surface area contributed by atoms with E-state index in [2.05, 4.69) is 10.4 Å². The van der Waals surface area contributed by atoms with Gasteiger partial charge in [0.15, 0.2) is 0 Å². The predicted octanol–water partition coefficient (Wildman–Crippen LogP) is 3.34. The normalized spacial score (nSPS) is 10.5. The second kappa shape index (κ2) is 6.68. The van der Waals surface area contributed by atoms with E-state index in [9.17, 15) is 4.79 Å². The molecule has 0 bridgehead atoms. The fourth-order valence-electron chi connectivity index (χ4n) is 2.57. The number of amides is 1. The number of carbonyl (C=O) groups is 1. The third-order valence-electron chi connectivity index (χ3n) is 3.87. The van der Waals surface area contributed by atoms with Crippen molar-refractivity contribution in [2.24, 2.45) is 5.73 Å². The van der Waals surface area contributed by atoms with E-state index < -0.39 is 5.91 Å². The number of carbonyl (C=O) groups excluding carboxylic acids is 1. The van der Waals surface area contributed by atoms with Gasteiger partial charge in [0.25, 0.3) is 5.91 Å². The van der Waals surface area contributed by atoms with Crippen LogP contribution in [-0.4, -0.2) is 22.8 Å². The van der Waals surface area contributed by atoms with Crippen LogP contribution in [0.25, 0.3) is 5.69 Å². The van der Waals surface area contributed by atoms with E-state index in [0.29, 0.717) is 17.0 Å². The molecule has 3 aromatic rings. The van der Waals surface area contributed by atoms with Gasteiger partial charge in [0.05, 0.1) is 29.7 Å². The standard InChI is InChI=1S/C19H20N4O2/c1-12-4-6-14(7-5-12)23-18(10-13(2)22-23)21-17-9-8-15(25-3)11-16(17)19(20)24/h4-11,21H,1-3H3,(H2,20,24). The van der Waals surface area contributed by atoms with Gasteiger partial charge in [-0.2, -0.15) is 5.10 Å². The summed E-state index contributed by atoms with van der Waals surface area (Å²) in [4.78, 5) is 11.8. The van der Waals surface area contributed by atoms with Crippen molar-refractivity contribution >= 4 is 17.4 Å². The van der Waals surface area contributed by atoms with Crippen LogP contribution < -0.4 is 15.8 Å². The average molecular weight is 336 g/mol. The first-order valence-corrected chi connectivity index (χ1v) is 7.86. The molecular weight excluding hydrogens is 316 g/mol. The molecule has 128 valence electrons. The largest absolute Gasteiger partial charge is 0.497 e. The number of primary amides is 1. The van der Waals surface area contributed by atoms with Crippen molar-refractivity contribution in [1.29, 1.82) is 0 Å². The summed E-state index contributed by atoms with van der Waals surface area (Å²) in [6.07, 6.45) is 0. The number of nitrogens with zero attached hydrogens (tertiary/aromatic N) is 2. The molecule has 0 saturated carbocycles. The van der Waals surface area contributed by atoms with Crippen LogP contribution in [0.1, 0.15) is 21.6 Å². The third-order valence-corrected chi connectivity index (χ3v) is 3.87. The molecule has 0 fully saturated rings. The molecule has 0 aliphatic carbocycles. The molecule has 1 aromatic heterocycles. The van der Waals surface area contributed by atoms with Crippen molar-refractivity contribution in [3.63, 3.8) is 0 Å². The van der Waals surface area contributed by atoms with Crippen LogP contribution >= 0.6 is 0 Å². The van der Waals surface area contributed by atoms with Crippen molar-refractivity contribution in [1.82, 2.24) is 9.78 Å². The van der Waals surface area contributed by atoms with Gasteiger partial charge in [-0.3, -0.25) is 4.79 Å². The minimum absolute atomic E-state index is 0.355. The van der Waals surface area contributed by atoms with Crippen molar-refractivity contribution in [2.75, 3.05) is 12.4 Å². The molecule has 1 amide bonds. The number of aromatic nitrogens is 2. The highest BCUT2D eigenvalue weighted by Gasteiger charge is 2.13. The molecule has 6 heteroatoms. The fraction of sp³-hybridized carbons (Fsp3) is 0.158. The zero-order valence-electron chi connectivity index (χ0n) is 14.4. The third kappa shape index (κ3) is 3.47. The van der Waals surface area contributed by atoms with Crippen molar-refractivity contribution in [2.45, 2.75) is 13.8 Å². The number of anilines is 2. The quantitative estimate of drug-likeness (QED) is 0.748. The van der Waals surface area contributed by atoms with Crippen LogP contribution in [0, 0.1) is 13.8 Å². The summed E-state index contributed by atoms with van der Waals surface area (Å²) in [5, 5.41) is 7.78. The van der Waals surface area contributed by atoms with Crippen LogP contribution in [0.4, 0.5) is 11.5 Å². The van der Waals surface area contributed by atoms with Crippen LogP contribution in [0.5, 0.6) is 5.75 Å². The van der Waals surface area contributed by atoms with Crippen molar-refractivity contribution in [3.8, 4) is 11.4 Å². The van der Waals surface area contributed by atoms with Gasteiger partial charge in [-0.1, -0.05) is 17.7 Å². The van der Waals surface area contributed by atoms with Gasteiger partial charge in [-0.25, -0.2) is 4.68 Å². The van der Waals surface area contributed by atoms with Gasteiger partial charge >= 0.3 is 0 Å². The van der Waals surface area contributed by atoms with E-state index in [-0.39, 0.29) is 0 Å². The topological polar surface area (TPSA) is 82.2 Å². The van der Waals surface area contributed by atoms with E-state index in [0.717, 1.165) is 17.2 Å². The van der Waals surface area contributed by atoms with Gasteiger partial charge in [-0.05, 0) is 44.2 Å². The number of benzene rings is 2. The van der Waals surface area contributed by atoms with Crippen molar-refractivity contribution < 1.29 is 9.53 Å². The predicted molar refractivity (Wildman–Crippen MR) is 97.8 cm³/mol. The maximum atomic E-state index is 11.8. The van der Waals surface area contributed by atoms with E-state index in [1.807, 2.05) is 44.2 Å². The maximum absolute atomic E-state index is 11.8. The zero-order valence-corrected chi connectivity index (χ0v) is 14.4. The minimum atomic E-state index is -0.528. The molecule has 3 N–H and O–H groups in total. The van der Waals surface area contributed by atoms with Gasteiger partial charge < -0.3 is 15.8 Å². The highest BCUT2D eigenvalue weighted by molar-refractivity contribution is 5.99.